The van der Waals surface area contributed by atoms with E-state index in [2.05, 4.69) is 10.9 Å². The van der Waals surface area contributed by atoms with E-state index in [-0.39, 0.29) is 24.3 Å². The van der Waals surface area contributed by atoms with Crippen molar-refractivity contribution in [2.75, 3.05) is 11.5 Å². The molecule has 3 rings (SSSR count). The summed E-state index contributed by atoms with van der Waals surface area (Å²) in [5.74, 6) is -1.63. The van der Waals surface area contributed by atoms with E-state index in [1.807, 2.05) is 26.0 Å². The lowest BCUT2D eigenvalue weighted by Gasteiger charge is -2.10. The van der Waals surface area contributed by atoms with E-state index >= 15 is 0 Å². The number of aryl methyl sites for hydroxylation is 2. The number of carbonyl (C=O) groups is 2. The molecule has 0 saturated carbocycles. The molecule has 1 aromatic heterocycles. The second-order valence-corrected chi connectivity index (χ2v) is 8.69. The van der Waals surface area contributed by atoms with Crippen molar-refractivity contribution in [3.8, 4) is 0 Å². The predicted molar refractivity (Wildman–Crippen MR) is 92.4 cm³/mol. The van der Waals surface area contributed by atoms with Crippen molar-refractivity contribution in [1.82, 2.24) is 10.9 Å². The first-order valence-corrected chi connectivity index (χ1v) is 9.84. The standard InChI is InChI=1S/C17H20N2O5S/c1-10-3-4-14-13(8-24-16(14)11(10)2)7-15(20)18-19-17(21)12-5-6-25(22,23)9-12/h3-4,8,12H,5-7,9H2,1-2H3,(H,18,20)(H,19,21)/t12-/m0/s1. The second kappa shape index (κ2) is 6.51. The largest absolute Gasteiger partial charge is 0.464 e. The van der Waals surface area contributed by atoms with Crippen LogP contribution in [0.3, 0.4) is 0 Å². The summed E-state index contributed by atoms with van der Waals surface area (Å²) in [4.78, 5) is 24.0. The average Bonchev–Trinajstić information content (AvgIpc) is 3.12. The molecule has 7 nitrogen and oxygen atoms in total. The molecule has 2 amide bonds. The number of benzene rings is 1. The molecule has 0 spiro atoms. The van der Waals surface area contributed by atoms with Crippen LogP contribution in [0.1, 0.15) is 23.1 Å². The van der Waals surface area contributed by atoms with Gasteiger partial charge in [0.05, 0.1) is 30.1 Å². The van der Waals surface area contributed by atoms with Crippen molar-refractivity contribution in [3.05, 3.63) is 35.1 Å². The number of sulfone groups is 1. The molecule has 0 aliphatic carbocycles. The minimum absolute atomic E-state index is 0.0127. The van der Waals surface area contributed by atoms with Crippen LogP contribution in [0.4, 0.5) is 0 Å². The van der Waals surface area contributed by atoms with Crippen molar-refractivity contribution in [2.45, 2.75) is 26.7 Å². The topological polar surface area (TPSA) is 105 Å². The molecule has 1 fully saturated rings. The molecule has 0 radical (unpaired) electrons. The zero-order valence-electron chi connectivity index (χ0n) is 14.1. The zero-order valence-corrected chi connectivity index (χ0v) is 14.9. The van der Waals surface area contributed by atoms with E-state index in [1.165, 1.54) is 0 Å². The lowest BCUT2D eigenvalue weighted by molar-refractivity contribution is -0.130. The first kappa shape index (κ1) is 17.5. The Morgan fingerprint density at radius 1 is 1.24 bits per heavy atom. The Labute approximate surface area is 145 Å². The molecule has 1 aromatic carbocycles. The highest BCUT2D eigenvalue weighted by Gasteiger charge is 2.33. The summed E-state index contributed by atoms with van der Waals surface area (Å²) < 4.78 is 28.3. The number of carbonyl (C=O) groups excluding carboxylic acids is 2. The Balaban J connectivity index is 1.60. The van der Waals surface area contributed by atoms with Gasteiger partial charge in [0.15, 0.2) is 9.84 Å². The highest BCUT2D eigenvalue weighted by molar-refractivity contribution is 7.91. The third-order valence-electron chi connectivity index (χ3n) is 4.62. The van der Waals surface area contributed by atoms with Crippen molar-refractivity contribution in [3.63, 3.8) is 0 Å². The van der Waals surface area contributed by atoms with E-state index in [4.69, 9.17) is 4.42 Å². The Kier molecular flexibility index (Phi) is 4.55. The zero-order chi connectivity index (χ0) is 18.2. The minimum atomic E-state index is -3.14. The van der Waals surface area contributed by atoms with Crippen LogP contribution in [0.25, 0.3) is 11.0 Å². The van der Waals surface area contributed by atoms with E-state index < -0.39 is 27.6 Å². The number of hydrazine groups is 1. The molecule has 2 aromatic rings. The fraction of sp³-hybridized carbons (Fsp3) is 0.412. The lowest BCUT2D eigenvalue weighted by atomic mass is 10.0. The van der Waals surface area contributed by atoms with Gasteiger partial charge in [0, 0.05) is 10.9 Å². The van der Waals surface area contributed by atoms with Crippen LogP contribution in [0.2, 0.25) is 0 Å². The van der Waals surface area contributed by atoms with Gasteiger partial charge in [0.1, 0.15) is 5.58 Å². The number of amides is 2. The number of hydrogen-bond acceptors (Lipinski definition) is 5. The summed E-state index contributed by atoms with van der Waals surface area (Å²) >= 11 is 0. The molecule has 1 aliphatic rings. The SMILES string of the molecule is Cc1ccc2c(CC(=O)NNC(=O)[C@H]3CCS(=O)(=O)C3)coc2c1C. The number of fused-ring (bicyclic) bond motifs is 1. The molecule has 2 N–H and O–H groups in total. The third kappa shape index (κ3) is 3.68. The fourth-order valence-corrected chi connectivity index (χ4v) is 4.72. The fourth-order valence-electron chi connectivity index (χ4n) is 2.98. The van der Waals surface area contributed by atoms with Crippen LogP contribution in [-0.4, -0.2) is 31.7 Å². The van der Waals surface area contributed by atoms with Gasteiger partial charge in [0.2, 0.25) is 11.8 Å². The number of furan rings is 1. The molecule has 0 unspecified atom stereocenters. The number of rotatable bonds is 3. The highest BCUT2D eigenvalue weighted by Crippen LogP contribution is 2.26. The van der Waals surface area contributed by atoms with Crippen molar-refractivity contribution < 1.29 is 22.4 Å². The molecule has 25 heavy (non-hydrogen) atoms. The Morgan fingerprint density at radius 3 is 2.68 bits per heavy atom. The van der Waals surface area contributed by atoms with Crippen LogP contribution in [0.15, 0.2) is 22.8 Å². The number of nitrogens with one attached hydrogen (secondary N) is 2. The summed E-state index contributed by atoms with van der Waals surface area (Å²) in [6.07, 6.45) is 1.88. The quantitative estimate of drug-likeness (QED) is 0.796. The van der Waals surface area contributed by atoms with E-state index in [9.17, 15) is 18.0 Å². The molecular formula is C17H20N2O5S. The highest BCUT2D eigenvalue weighted by atomic mass is 32.2. The van der Waals surface area contributed by atoms with Crippen LogP contribution < -0.4 is 10.9 Å². The molecule has 1 aliphatic heterocycles. The Hall–Kier alpha value is -2.35. The molecule has 1 atom stereocenters. The molecule has 1 saturated heterocycles. The minimum Gasteiger partial charge on any atom is -0.464 e. The summed E-state index contributed by atoms with van der Waals surface area (Å²) in [6, 6.07) is 3.88. The van der Waals surface area contributed by atoms with Crippen molar-refractivity contribution in [1.29, 1.82) is 0 Å². The van der Waals surface area contributed by atoms with Gasteiger partial charge in [-0.1, -0.05) is 12.1 Å². The lowest BCUT2D eigenvalue weighted by Crippen LogP contribution is -2.45. The molecule has 0 bridgehead atoms. The first-order chi connectivity index (χ1) is 11.8. The number of hydrogen-bond donors (Lipinski definition) is 2. The molecule has 134 valence electrons. The normalized spacial score (nSPS) is 19.0. The maximum atomic E-state index is 12.1. The van der Waals surface area contributed by atoms with Gasteiger partial charge in [-0.05, 0) is 31.4 Å². The van der Waals surface area contributed by atoms with Crippen LogP contribution in [0, 0.1) is 19.8 Å². The van der Waals surface area contributed by atoms with Crippen LogP contribution >= 0.6 is 0 Å². The van der Waals surface area contributed by atoms with Crippen molar-refractivity contribution >= 4 is 32.6 Å². The van der Waals surface area contributed by atoms with Crippen molar-refractivity contribution in [2.24, 2.45) is 5.92 Å². The van der Waals surface area contributed by atoms with E-state index in [0.29, 0.717) is 0 Å². The van der Waals surface area contributed by atoms with Gasteiger partial charge in [-0.25, -0.2) is 8.42 Å². The molecule has 8 heteroatoms. The van der Waals surface area contributed by atoms with E-state index in [0.717, 1.165) is 27.7 Å². The van der Waals surface area contributed by atoms with Gasteiger partial charge < -0.3 is 4.42 Å². The van der Waals surface area contributed by atoms with Gasteiger partial charge in [0.25, 0.3) is 0 Å². The predicted octanol–water partition coefficient (Wildman–Crippen LogP) is 1.17. The Bertz CT molecular complexity index is 945. The summed E-state index contributed by atoms with van der Waals surface area (Å²) in [5.41, 5.74) is 8.27. The smallest absolute Gasteiger partial charge is 0.242 e. The molecule has 2 heterocycles. The van der Waals surface area contributed by atoms with Gasteiger partial charge >= 0.3 is 0 Å². The van der Waals surface area contributed by atoms with E-state index in [1.54, 1.807) is 6.26 Å². The molecular weight excluding hydrogens is 344 g/mol. The van der Waals surface area contributed by atoms with Gasteiger partial charge in [-0.15, -0.1) is 0 Å². The summed E-state index contributed by atoms with van der Waals surface area (Å²) in [5, 5.41) is 0.867. The average molecular weight is 364 g/mol. The maximum absolute atomic E-state index is 12.1. The third-order valence-corrected chi connectivity index (χ3v) is 6.39. The maximum Gasteiger partial charge on any atom is 0.242 e. The Morgan fingerprint density at radius 2 is 2.00 bits per heavy atom. The van der Waals surface area contributed by atoms with Crippen LogP contribution in [0.5, 0.6) is 0 Å². The van der Waals surface area contributed by atoms with Gasteiger partial charge in [-0.3, -0.25) is 20.4 Å². The monoisotopic (exact) mass is 364 g/mol. The first-order valence-electron chi connectivity index (χ1n) is 8.02. The van der Waals surface area contributed by atoms with Gasteiger partial charge in [-0.2, -0.15) is 0 Å². The summed E-state index contributed by atoms with van der Waals surface area (Å²) in [6.45, 7) is 3.95. The van der Waals surface area contributed by atoms with Crippen LogP contribution in [-0.2, 0) is 25.8 Å². The summed E-state index contributed by atoms with van der Waals surface area (Å²) in [7, 11) is -3.14. The second-order valence-electron chi connectivity index (χ2n) is 6.46.